The van der Waals surface area contributed by atoms with Crippen LogP contribution in [0.5, 0.6) is 11.5 Å². The van der Waals surface area contributed by atoms with Crippen LogP contribution in [0.1, 0.15) is 20.8 Å². The summed E-state index contributed by atoms with van der Waals surface area (Å²) in [6.45, 7) is 7.40. The van der Waals surface area contributed by atoms with Crippen molar-refractivity contribution >= 4 is 11.8 Å². The monoisotopic (exact) mass is 316 g/mol. The van der Waals surface area contributed by atoms with E-state index in [-0.39, 0.29) is 5.54 Å². The minimum absolute atomic E-state index is 0.0733. The predicted octanol–water partition coefficient (Wildman–Crippen LogP) is 3.19. The second kappa shape index (κ2) is 7.67. The molecule has 124 valence electrons. The number of aromatic nitrogens is 2. The number of ether oxygens (including phenoxy) is 2. The lowest BCUT2D eigenvalue weighted by Gasteiger charge is -2.20. The van der Waals surface area contributed by atoms with E-state index in [1.165, 1.54) is 0 Å². The summed E-state index contributed by atoms with van der Waals surface area (Å²) in [4.78, 5) is 8.63. The summed E-state index contributed by atoms with van der Waals surface area (Å²) in [7, 11) is 1.64. The van der Waals surface area contributed by atoms with Gasteiger partial charge in [-0.2, -0.15) is 4.98 Å². The Labute approximate surface area is 137 Å². The highest BCUT2D eigenvalue weighted by molar-refractivity contribution is 5.40. The molecule has 0 radical (unpaired) electrons. The number of hydrogen-bond acceptors (Lipinski definition) is 6. The maximum atomic E-state index is 5.66. The van der Waals surface area contributed by atoms with Crippen LogP contribution < -0.4 is 20.1 Å². The van der Waals surface area contributed by atoms with Crippen LogP contribution in [-0.2, 0) is 0 Å². The summed E-state index contributed by atoms with van der Waals surface area (Å²) in [5.41, 5.74) is -0.0733. The number of rotatable bonds is 7. The average molecular weight is 316 g/mol. The van der Waals surface area contributed by atoms with Gasteiger partial charge in [0.2, 0.25) is 5.95 Å². The molecular weight excluding hydrogens is 292 g/mol. The number of hydrogen-bond donors (Lipinski definition) is 2. The topological polar surface area (TPSA) is 68.3 Å². The number of nitrogens with zero attached hydrogens (tertiary/aromatic N) is 2. The zero-order chi connectivity index (χ0) is 16.7. The molecule has 2 aromatic rings. The molecule has 0 fully saturated rings. The van der Waals surface area contributed by atoms with Gasteiger partial charge in [0.1, 0.15) is 23.9 Å². The summed E-state index contributed by atoms with van der Waals surface area (Å²) < 4.78 is 10.8. The van der Waals surface area contributed by atoms with E-state index in [4.69, 9.17) is 9.47 Å². The molecule has 0 aliphatic heterocycles. The summed E-state index contributed by atoms with van der Waals surface area (Å²) in [6, 6.07) is 9.35. The highest BCUT2D eigenvalue weighted by atomic mass is 16.5. The number of benzene rings is 1. The van der Waals surface area contributed by atoms with Crippen LogP contribution in [-0.4, -0.2) is 35.8 Å². The summed E-state index contributed by atoms with van der Waals surface area (Å²) in [5.74, 6) is 3.00. The Balaban J connectivity index is 1.78. The highest BCUT2D eigenvalue weighted by Gasteiger charge is 2.11. The minimum Gasteiger partial charge on any atom is -0.497 e. The van der Waals surface area contributed by atoms with Gasteiger partial charge in [-0.3, -0.25) is 0 Å². The van der Waals surface area contributed by atoms with E-state index >= 15 is 0 Å². The third-order valence-corrected chi connectivity index (χ3v) is 2.88. The van der Waals surface area contributed by atoms with Crippen molar-refractivity contribution in [3.05, 3.63) is 36.5 Å². The Morgan fingerprint density at radius 2 is 1.74 bits per heavy atom. The van der Waals surface area contributed by atoms with Crippen molar-refractivity contribution in [2.45, 2.75) is 26.3 Å². The van der Waals surface area contributed by atoms with E-state index in [0.29, 0.717) is 19.1 Å². The van der Waals surface area contributed by atoms with E-state index in [0.717, 1.165) is 17.3 Å². The fourth-order valence-electron chi connectivity index (χ4n) is 1.87. The molecule has 0 spiro atoms. The molecule has 0 saturated carbocycles. The predicted molar refractivity (Wildman–Crippen MR) is 92.4 cm³/mol. The molecule has 6 nitrogen and oxygen atoms in total. The SMILES string of the molecule is COc1ccc(OCCNc2ccnc(NC(C)(C)C)n2)cc1. The van der Waals surface area contributed by atoms with Gasteiger partial charge < -0.3 is 20.1 Å². The van der Waals surface area contributed by atoms with Crippen LogP contribution in [0.3, 0.4) is 0 Å². The third kappa shape index (κ3) is 6.02. The van der Waals surface area contributed by atoms with Crippen molar-refractivity contribution in [2.75, 3.05) is 30.9 Å². The number of anilines is 2. The van der Waals surface area contributed by atoms with E-state index in [1.54, 1.807) is 13.3 Å². The molecule has 0 unspecified atom stereocenters. The molecule has 1 aromatic carbocycles. The van der Waals surface area contributed by atoms with Crippen LogP contribution in [0, 0.1) is 0 Å². The molecule has 1 heterocycles. The van der Waals surface area contributed by atoms with Crippen molar-refractivity contribution in [1.29, 1.82) is 0 Å². The standard InChI is InChI=1S/C17H24N4O2/c1-17(2,3)21-16-19-10-9-15(20-16)18-11-12-23-14-7-5-13(22-4)6-8-14/h5-10H,11-12H2,1-4H3,(H2,18,19,20,21). The van der Waals surface area contributed by atoms with Gasteiger partial charge in [0.05, 0.1) is 13.7 Å². The largest absolute Gasteiger partial charge is 0.497 e. The summed E-state index contributed by atoms with van der Waals surface area (Å²) in [5, 5.41) is 6.47. The Morgan fingerprint density at radius 1 is 1.04 bits per heavy atom. The van der Waals surface area contributed by atoms with E-state index in [9.17, 15) is 0 Å². The van der Waals surface area contributed by atoms with Crippen LogP contribution in [0.4, 0.5) is 11.8 Å². The first-order chi connectivity index (χ1) is 11.0. The van der Waals surface area contributed by atoms with Gasteiger partial charge in [0.15, 0.2) is 0 Å². The first kappa shape index (κ1) is 16.9. The van der Waals surface area contributed by atoms with E-state index in [2.05, 4.69) is 41.4 Å². The molecule has 2 rings (SSSR count). The molecule has 0 atom stereocenters. The quantitative estimate of drug-likeness (QED) is 0.765. The van der Waals surface area contributed by atoms with Crippen LogP contribution in [0.2, 0.25) is 0 Å². The minimum atomic E-state index is -0.0733. The van der Waals surface area contributed by atoms with Gasteiger partial charge in [-0.15, -0.1) is 0 Å². The first-order valence-electron chi connectivity index (χ1n) is 7.58. The highest BCUT2D eigenvalue weighted by Crippen LogP contribution is 2.17. The Kier molecular flexibility index (Phi) is 5.62. The van der Waals surface area contributed by atoms with Crippen molar-refractivity contribution in [3.8, 4) is 11.5 Å². The van der Waals surface area contributed by atoms with Gasteiger partial charge in [0.25, 0.3) is 0 Å². The second-order valence-electron chi connectivity index (χ2n) is 6.09. The van der Waals surface area contributed by atoms with E-state index < -0.39 is 0 Å². The summed E-state index contributed by atoms with van der Waals surface area (Å²) in [6.07, 6.45) is 1.73. The fourth-order valence-corrected chi connectivity index (χ4v) is 1.87. The normalized spacial score (nSPS) is 11.0. The second-order valence-corrected chi connectivity index (χ2v) is 6.09. The van der Waals surface area contributed by atoms with Gasteiger partial charge >= 0.3 is 0 Å². The molecule has 23 heavy (non-hydrogen) atoms. The summed E-state index contributed by atoms with van der Waals surface area (Å²) >= 11 is 0. The van der Waals surface area contributed by atoms with Gasteiger partial charge in [-0.05, 0) is 51.1 Å². The lowest BCUT2D eigenvalue weighted by Crippen LogP contribution is -2.27. The molecule has 1 aromatic heterocycles. The molecule has 2 N–H and O–H groups in total. The first-order valence-corrected chi connectivity index (χ1v) is 7.58. The Hall–Kier alpha value is -2.50. The molecule has 0 saturated heterocycles. The lowest BCUT2D eigenvalue weighted by atomic mass is 10.1. The number of nitrogens with one attached hydrogen (secondary N) is 2. The lowest BCUT2D eigenvalue weighted by molar-refractivity contribution is 0.331. The third-order valence-electron chi connectivity index (χ3n) is 2.88. The van der Waals surface area contributed by atoms with Crippen LogP contribution >= 0.6 is 0 Å². The fraction of sp³-hybridized carbons (Fsp3) is 0.412. The average Bonchev–Trinajstić information content (AvgIpc) is 2.51. The van der Waals surface area contributed by atoms with Crippen LogP contribution in [0.15, 0.2) is 36.5 Å². The maximum absolute atomic E-state index is 5.66. The van der Waals surface area contributed by atoms with Crippen molar-refractivity contribution < 1.29 is 9.47 Å². The molecule has 0 amide bonds. The van der Waals surface area contributed by atoms with Crippen LogP contribution in [0.25, 0.3) is 0 Å². The van der Waals surface area contributed by atoms with Gasteiger partial charge in [0, 0.05) is 11.7 Å². The van der Waals surface area contributed by atoms with Crippen molar-refractivity contribution in [2.24, 2.45) is 0 Å². The van der Waals surface area contributed by atoms with E-state index in [1.807, 2.05) is 30.3 Å². The van der Waals surface area contributed by atoms with Gasteiger partial charge in [-0.25, -0.2) is 4.98 Å². The Bertz CT molecular complexity index is 609. The molecule has 0 aliphatic rings. The smallest absolute Gasteiger partial charge is 0.224 e. The maximum Gasteiger partial charge on any atom is 0.224 e. The Morgan fingerprint density at radius 3 is 2.39 bits per heavy atom. The number of methoxy groups -OCH3 is 1. The zero-order valence-corrected chi connectivity index (χ0v) is 14.1. The molecular formula is C17H24N4O2. The molecule has 0 aliphatic carbocycles. The molecule has 6 heteroatoms. The van der Waals surface area contributed by atoms with Crippen molar-refractivity contribution in [3.63, 3.8) is 0 Å². The zero-order valence-electron chi connectivity index (χ0n) is 14.1. The van der Waals surface area contributed by atoms with Gasteiger partial charge in [-0.1, -0.05) is 0 Å². The molecule has 0 bridgehead atoms. The van der Waals surface area contributed by atoms with Crippen molar-refractivity contribution in [1.82, 2.24) is 9.97 Å².